The smallest absolute Gasteiger partial charge is 0.205 e. The molecule has 5 nitrogen and oxygen atoms in total. The molecule has 2 aromatic carbocycles. The SMILES string of the molecule is N#CC1=C(N)Oc2ccc3ccccc3c2C1C(C#N)C#N. The summed E-state index contributed by atoms with van der Waals surface area (Å²) in [5.74, 6) is -1.29. The van der Waals surface area contributed by atoms with Crippen LogP contribution < -0.4 is 10.5 Å². The Morgan fingerprint density at radius 3 is 2.45 bits per heavy atom. The predicted octanol–water partition coefficient (Wildman–Crippen LogP) is 2.67. The molecular weight excluding hydrogens is 276 g/mol. The van der Waals surface area contributed by atoms with Crippen molar-refractivity contribution in [1.29, 1.82) is 15.8 Å². The average molecular weight is 286 g/mol. The molecule has 0 aromatic heterocycles. The number of hydrogen-bond acceptors (Lipinski definition) is 5. The predicted molar refractivity (Wildman–Crippen MR) is 78.9 cm³/mol. The number of ether oxygens (including phenoxy) is 1. The van der Waals surface area contributed by atoms with Crippen LogP contribution in [0.4, 0.5) is 0 Å². The fourth-order valence-corrected chi connectivity index (χ4v) is 2.79. The van der Waals surface area contributed by atoms with Crippen LogP contribution >= 0.6 is 0 Å². The molecule has 0 bridgehead atoms. The molecule has 0 saturated carbocycles. The van der Waals surface area contributed by atoms with Crippen LogP contribution in [0.2, 0.25) is 0 Å². The van der Waals surface area contributed by atoms with Gasteiger partial charge >= 0.3 is 0 Å². The summed E-state index contributed by atoms with van der Waals surface area (Å²) in [5.41, 5.74) is 6.59. The van der Waals surface area contributed by atoms with Crippen molar-refractivity contribution in [3.8, 4) is 24.0 Å². The molecule has 5 heteroatoms. The first-order valence-corrected chi connectivity index (χ1v) is 6.59. The van der Waals surface area contributed by atoms with E-state index in [1.54, 1.807) is 6.07 Å². The maximum absolute atomic E-state index is 9.38. The lowest BCUT2D eigenvalue weighted by molar-refractivity contribution is 0.385. The summed E-state index contributed by atoms with van der Waals surface area (Å²) in [6.07, 6.45) is 0. The molecule has 1 aliphatic heterocycles. The highest BCUT2D eigenvalue weighted by Gasteiger charge is 2.36. The molecule has 1 unspecified atom stereocenters. The fourth-order valence-electron chi connectivity index (χ4n) is 2.79. The highest BCUT2D eigenvalue weighted by atomic mass is 16.5. The Morgan fingerprint density at radius 2 is 1.77 bits per heavy atom. The monoisotopic (exact) mass is 286 g/mol. The van der Waals surface area contributed by atoms with Crippen molar-refractivity contribution in [3.05, 3.63) is 53.4 Å². The van der Waals surface area contributed by atoms with E-state index in [1.165, 1.54) is 0 Å². The maximum Gasteiger partial charge on any atom is 0.205 e. The Morgan fingerprint density at radius 1 is 1.05 bits per heavy atom. The zero-order chi connectivity index (χ0) is 15.7. The van der Waals surface area contributed by atoms with Gasteiger partial charge in [-0.3, -0.25) is 0 Å². The van der Waals surface area contributed by atoms with Gasteiger partial charge in [0, 0.05) is 5.56 Å². The van der Waals surface area contributed by atoms with Crippen molar-refractivity contribution in [2.24, 2.45) is 11.7 Å². The van der Waals surface area contributed by atoms with Crippen LogP contribution in [-0.2, 0) is 0 Å². The molecule has 0 radical (unpaired) electrons. The van der Waals surface area contributed by atoms with Gasteiger partial charge in [-0.15, -0.1) is 0 Å². The molecule has 1 aliphatic rings. The second kappa shape index (κ2) is 5.13. The second-order valence-corrected chi connectivity index (χ2v) is 4.90. The summed E-state index contributed by atoms with van der Waals surface area (Å²) in [6, 6.07) is 17.1. The number of nitrogens with zero attached hydrogens (tertiary/aromatic N) is 3. The summed E-state index contributed by atoms with van der Waals surface area (Å²) in [6.45, 7) is 0. The Bertz CT molecular complexity index is 910. The van der Waals surface area contributed by atoms with E-state index in [2.05, 4.69) is 0 Å². The molecule has 1 atom stereocenters. The molecule has 3 rings (SSSR count). The molecule has 104 valence electrons. The van der Waals surface area contributed by atoms with Crippen molar-refractivity contribution in [1.82, 2.24) is 0 Å². The Kier molecular flexibility index (Phi) is 3.14. The average Bonchev–Trinajstić information content (AvgIpc) is 2.55. The van der Waals surface area contributed by atoms with E-state index in [1.807, 2.05) is 48.5 Å². The van der Waals surface area contributed by atoms with Crippen LogP contribution in [0, 0.1) is 39.9 Å². The molecule has 0 aliphatic carbocycles. The molecule has 22 heavy (non-hydrogen) atoms. The second-order valence-electron chi connectivity index (χ2n) is 4.90. The van der Waals surface area contributed by atoms with E-state index < -0.39 is 11.8 Å². The topological polar surface area (TPSA) is 107 Å². The summed E-state index contributed by atoms with van der Waals surface area (Å²) >= 11 is 0. The lowest BCUT2D eigenvalue weighted by Crippen LogP contribution is -2.24. The molecule has 0 amide bonds. The van der Waals surface area contributed by atoms with Crippen LogP contribution in [0.5, 0.6) is 5.75 Å². The first kappa shape index (κ1) is 13.5. The Balaban J connectivity index is 2.38. The van der Waals surface area contributed by atoms with Gasteiger partial charge < -0.3 is 10.5 Å². The largest absolute Gasteiger partial charge is 0.440 e. The minimum Gasteiger partial charge on any atom is -0.440 e. The number of rotatable bonds is 1. The number of fused-ring (bicyclic) bond motifs is 3. The van der Waals surface area contributed by atoms with E-state index in [-0.39, 0.29) is 11.5 Å². The van der Waals surface area contributed by atoms with Crippen LogP contribution in [-0.4, -0.2) is 0 Å². The van der Waals surface area contributed by atoms with Gasteiger partial charge in [0.1, 0.15) is 17.7 Å². The van der Waals surface area contributed by atoms with Crippen molar-refractivity contribution < 1.29 is 4.74 Å². The quantitative estimate of drug-likeness (QED) is 0.867. The van der Waals surface area contributed by atoms with Crippen molar-refractivity contribution in [2.45, 2.75) is 5.92 Å². The lowest BCUT2D eigenvalue weighted by Gasteiger charge is -2.27. The number of nitrogens with two attached hydrogens (primary N) is 1. The van der Waals surface area contributed by atoms with E-state index in [0.717, 1.165) is 10.8 Å². The molecule has 0 spiro atoms. The number of hydrogen-bond donors (Lipinski definition) is 1. The first-order chi connectivity index (χ1) is 10.7. The minimum atomic E-state index is -1.01. The third-order valence-corrected chi connectivity index (χ3v) is 3.77. The van der Waals surface area contributed by atoms with Gasteiger partial charge in [-0.2, -0.15) is 15.8 Å². The first-order valence-electron chi connectivity index (χ1n) is 6.59. The van der Waals surface area contributed by atoms with E-state index in [4.69, 9.17) is 10.5 Å². The number of nitriles is 3. The van der Waals surface area contributed by atoms with Gasteiger partial charge in [0.05, 0.1) is 23.6 Å². The Hall–Kier alpha value is -3.49. The van der Waals surface area contributed by atoms with Crippen LogP contribution in [0.3, 0.4) is 0 Å². The zero-order valence-corrected chi connectivity index (χ0v) is 11.4. The number of allylic oxidation sites excluding steroid dienone is 1. The van der Waals surface area contributed by atoms with Gasteiger partial charge in [0.2, 0.25) is 5.88 Å². The highest BCUT2D eigenvalue weighted by Crippen LogP contribution is 2.45. The van der Waals surface area contributed by atoms with E-state index in [9.17, 15) is 15.8 Å². The lowest BCUT2D eigenvalue weighted by atomic mass is 9.78. The van der Waals surface area contributed by atoms with Crippen LogP contribution in [0.25, 0.3) is 10.8 Å². The van der Waals surface area contributed by atoms with Crippen molar-refractivity contribution >= 4 is 10.8 Å². The van der Waals surface area contributed by atoms with Crippen molar-refractivity contribution in [3.63, 3.8) is 0 Å². The third-order valence-electron chi connectivity index (χ3n) is 3.77. The summed E-state index contributed by atoms with van der Waals surface area (Å²) in [7, 11) is 0. The molecule has 2 aromatic rings. The van der Waals surface area contributed by atoms with Crippen LogP contribution in [0.1, 0.15) is 11.5 Å². The van der Waals surface area contributed by atoms with Crippen LogP contribution in [0.15, 0.2) is 47.9 Å². The van der Waals surface area contributed by atoms with Gasteiger partial charge in [-0.05, 0) is 16.8 Å². The molecule has 1 heterocycles. The molecular formula is C17H10N4O. The molecule has 2 N–H and O–H groups in total. The zero-order valence-electron chi connectivity index (χ0n) is 11.4. The summed E-state index contributed by atoms with van der Waals surface area (Å²) in [5, 5.41) is 29.8. The van der Waals surface area contributed by atoms with Gasteiger partial charge in [-0.25, -0.2) is 0 Å². The van der Waals surface area contributed by atoms with Gasteiger partial charge in [-0.1, -0.05) is 30.3 Å². The van der Waals surface area contributed by atoms with E-state index >= 15 is 0 Å². The highest BCUT2D eigenvalue weighted by molar-refractivity contribution is 5.89. The number of benzene rings is 2. The summed E-state index contributed by atoms with van der Waals surface area (Å²) in [4.78, 5) is 0. The Labute approximate surface area is 127 Å². The molecule has 0 fully saturated rings. The standard InChI is InChI=1S/C17H10N4O/c18-7-11(8-19)15-13(9-20)17(21)22-14-6-5-10-3-1-2-4-12(10)16(14)15/h1-6,11,15H,21H2. The van der Waals surface area contributed by atoms with Gasteiger partial charge in [0.25, 0.3) is 0 Å². The molecule has 0 saturated heterocycles. The van der Waals surface area contributed by atoms with Gasteiger partial charge in [0.15, 0.2) is 0 Å². The fraction of sp³-hybridized carbons (Fsp3) is 0.118. The normalized spacial score (nSPS) is 16.4. The summed E-state index contributed by atoms with van der Waals surface area (Å²) < 4.78 is 5.53. The minimum absolute atomic E-state index is 0.0502. The maximum atomic E-state index is 9.38. The van der Waals surface area contributed by atoms with Crippen molar-refractivity contribution in [2.75, 3.05) is 0 Å². The third kappa shape index (κ3) is 1.84. The van der Waals surface area contributed by atoms with E-state index in [0.29, 0.717) is 11.3 Å².